The number of rotatable bonds is 6. The van der Waals surface area contributed by atoms with E-state index in [0.717, 1.165) is 44.5 Å². The first-order valence-corrected chi connectivity index (χ1v) is 15.4. The van der Waals surface area contributed by atoms with E-state index in [9.17, 15) is 0 Å². The zero-order valence-corrected chi connectivity index (χ0v) is 26.0. The van der Waals surface area contributed by atoms with Gasteiger partial charge in [-0.25, -0.2) is 59.8 Å². The molecule has 0 radical (unpaired) electrons. The third-order valence-electron chi connectivity index (χ3n) is 8.54. The van der Waals surface area contributed by atoms with E-state index in [2.05, 4.69) is 96.2 Å². The largest absolute Gasteiger partial charge is 0.457 e. The summed E-state index contributed by atoms with van der Waals surface area (Å²) in [7, 11) is 0. The molecular formula is C37H22N12O. The molecule has 0 aliphatic carbocycles. The van der Waals surface area contributed by atoms with Crippen LogP contribution in [0.4, 0.5) is 0 Å². The first-order valence-electron chi connectivity index (χ1n) is 15.4. The minimum atomic E-state index is -0.999. The van der Waals surface area contributed by atoms with Gasteiger partial charge in [0.2, 0.25) is 0 Å². The van der Waals surface area contributed by atoms with Gasteiger partial charge in [0.1, 0.15) is 62.1 Å². The van der Waals surface area contributed by atoms with Crippen LogP contribution in [-0.2, 0) is 5.41 Å². The molecule has 0 bridgehead atoms. The molecule has 0 amide bonds. The second-order valence-corrected chi connectivity index (χ2v) is 11.3. The summed E-state index contributed by atoms with van der Waals surface area (Å²) >= 11 is 0. The average Bonchev–Trinajstić information content (AvgIpc) is 3.21. The molecule has 0 unspecified atom stereocenters. The number of benzene rings is 4. The van der Waals surface area contributed by atoms with E-state index in [1.807, 2.05) is 48.5 Å². The van der Waals surface area contributed by atoms with Crippen molar-refractivity contribution in [3.8, 4) is 57.1 Å². The monoisotopic (exact) mass is 650 g/mol. The van der Waals surface area contributed by atoms with E-state index in [1.165, 1.54) is 50.6 Å². The van der Waals surface area contributed by atoms with Crippen LogP contribution in [0.1, 0.15) is 22.3 Å². The molecular weight excluding hydrogens is 628 g/mol. The molecule has 1 aliphatic heterocycles. The number of hydrogen-bond donors (Lipinski definition) is 0. The lowest BCUT2D eigenvalue weighted by Gasteiger charge is -2.42. The van der Waals surface area contributed by atoms with Crippen molar-refractivity contribution >= 4 is 0 Å². The van der Waals surface area contributed by atoms with Crippen molar-refractivity contribution in [1.29, 1.82) is 0 Å². The van der Waals surface area contributed by atoms with Crippen LogP contribution >= 0.6 is 0 Å². The molecule has 0 spiro atoms. The fourth-order valence-corrected chi connectivity index (χ4v) is 6.54. The average molecular weight is 651 g/mol. The molecule has 4 aromatic carbocycles. The number of fused-ring (bicyclic) bond motifs is 2. The third kappa shape index (κ3) is 4.88. The lowest BCUT2D eigenvalue weighted by atomic mass is 9.63. The number of hydrogen-bond acceptors (Lipinski definition) is 13. The van der Waals surface area contributed by atoms with Crippen LogP contribution < -0.4 is 4.74 Å². The van der Waals surface area contributed by atoms with Crippen LogP contribution in [-0.4, -0.2) is 59.8 Å². The normalized spacial score (nSPS) is 12.7. The molecule has 9 rings (SSSR count). The van der Waals surface area contributed by atoms with Crippen LogP contribution in [0.5, 0.6) is 11.5 Å². The molecule has 5 heterocycles. The Labute approximate surface area is 284 Å². The lowest BCUT2D eigenvalue weighted by molar-refractivity contribution is 0.434. The summed E-state index contributed by atoms with van der Waals surface area (Å²) in [4.78, 5) is 52.4. The van der Waals surface area contributed by atoms with Gasteiger partial charge in [0.25, 0.3) is 0 Å². The first-order chi connectivity index (χ1) is 24.8. The van der Waals surface area contributed by atoms with E-state index in [1.54, 1.807) is 0 Å². The van der Waals surface area contributed by atoms with E-state index >= 15 is 0 Å². The smallest absolute Gasteiger partial charge is 0.162 e. The zero-order valence-electron chi connectivity index (χ0n) is 26.0. The molecule has 0 fully saturated rings. The maximum absolute atomic E-state index is 6.60. The summed E-state index contributed by atoms with van der Waals surface area (Å²) in [6.07, 6.45) is 11.8. The van der Waals surface area contributed by atoms with Crippen molar-refractivity contribution in [2.45, 2.75) is 5.41 Å². The SMILES string of the molecule is c1ccc2c(c1)Oc1ccccc1C2(c1cc(-c2ncncn2)cc(-c2ncncn2)c1)c1cc(-c2ncncn2)cc(-c2ncncn2)c1. The summed E-state index contributed by atoms with van der Waals surface area (Å²) in [6, 6.07) is 28.4. The fraction of sp³-hybridized carbons (Fsp3) is 0.0270. The predicted molar refractivity (Wildman–Crippen MR) is 180 cm³/mol. The molecule has 13 heteroatoms. The second-order valence-electron chi connectivity index (χ2n) is 11.3. The molecule has 0 N–H and O–H groups in total. The second kappa shape index (κ2) is 12.1. The lowest BCUT2D eigenvalue weighted by Crippen LogP contribution is -2.34. The summed E-state index contributed by atoms with van der Waals surface area (Å²) in [5.74, 6) is 3.37. The van der Waals surface area contributed by atoms with Crippen LogP contribution in [0.15, 0.2) is 136 Å². The first kappa shape index (κ1) is 28.9. The molecule has 50 heavy (non-hydrogen) atoms. The summed E-state index contributed by atoms with van der Waals surface area (Å²) < 4.78 is 6.60. The zero-order chi connectivity index (χ0) is 33.3. The Balaban J connectivity index is 1.45. The molecule has 0 saturated carbocycles. The topological polar surface area (TPSA) is 164 Å². The number of ether oxygens (including phenoxy) is 1. The van der Waals surface area contributed by atoms with E-state index in [-0.39, 0.29) is 0 Å². The molecule has 236 valence electrons. The Morgan fingerprint density at radius 1 is 0.360 bits per heavy atom. The van der Waals surface area contributed by atoms with Gasteiger partial charge in [-0.05, 0) is 59.7 Å². The van der Waals surface area contributed by atoms with E-state index < -0.39 is 5.41 Å². The molecule has 4 aromatic heterocycles. The quantitative estimate of drug-likeness (QED) is 0.219. The molecule has 13 nitrogen and oxygen atoms in total. The van der Waals surface area contributed by atoms with Crippen molar-refractivity contribution in [2.24, 2.45) is 0 Å². The van der Waals surface area contributed by atoms with Gasteiger partial charge < -0.3 is 4.74 Å². The fourth-order valence-electron chi connectivity index (χ4n) is 6.54. The van der Waals surface area contributed by atoms with Gasteiger partial charge in [-0.3, -0.25) is 0 Å². The van der Waals surface area contributed by atoms with E-state index in [0.29, 0.717) is 34.8 Å². The minimum Gasteiger partial charge on any atom is -0.457 e. The number of nitrogens with zero attached hydrogens (tertiary/aromatic N) is 12. The van der Waals surface area contributed by atoms with Crippen LogP contribution in [0.25, 0.3) is 45.6 Å². The Kier molecular flexibility index (Phi) is 6.97. The van der Waals surface area contributed by atoms with Gasteiger partial charge in [-0.2, -0.15) is 0 Å². The third-order valence-corrected chi connectivity index (χ3v) is 8.54. The van der Waals surface area contributed by atoms with E-state index in [4.69, 9.17) is 4.74 Å². The maximum Gasteiger partial charge on any atom is 0.162 e. The predicted octanol–water partition coefficient (Wildman–Crippen LogP) is 5.58. The van der Waals surface area contributed by atoms with Crippen molar-refractivity contribution in [2.75, 3.05) is 0 Å². The van der Waals surface area contributed by atoms with Gasteiger partial charge in [0, 0.05) is 33.4 Å². The highest BCUT2D eigenvalue weighted by molar-refractivity contribution is 5.78. The highest BCUT2D eigenvalue weighted by atomic mass is 16.5. The van der Waals surface area contributed by atoms with Crippen LogP contribution in [0, 0.1) is 0 Å². The van der Waals surface area contributed by atoms with Crippen molar-refractivity contribution < 1.29 is 4.74 Å². The highest BCUT2D eigenvalue weighted by Gasteiger charge is 2.46. The minimum absolute atomic E-state index is 0.491. The number of aromatic nitrogens is 12. The molecule has 0 atom stereocenters. The molecule has 8 aromatic rings. The van der Waals surface area contributed by atoms with Crippen LogP contribution in [0.3, 0.4) is 0 Å². The number of para-hydroxylation sites is 2. The van der Waals surface area contributed by atoms with Gasteiger partial charge in [-0.15, -0.1) is 0 Å². The summed E-state index contributed by atoms with van der Waals surface area (Å²) in [5.41, 5.74) is 5.54. The van der Waals surface area contributed by atoms with Crippen molar-refractivity contribution in [1.82, 2.24) is 59.8 Å². The van der Waals surface area contributed by atoms with Crippen molar-refractivity contribution in [3.05, 3.63) is 158 Å². The van der Waals surface area contributed by atoms with Crippen molar-refractivity contribution in [3.63, 3.8) is 0 Å². The highest BCUT2D eigenvalue weighted by Crippen LogP contribution is 2.56. The standard InChI is InChI=1S/C37H22N12O/c1-3-7-31-29(5-1)37(30-6-2-4-8-32(30)50-31,27-11-23(33-42-15-38-16-43-33)9-24(12-27)34-44-17-39-18-45-34)28-13-25(35-46-19-40-20-47-35)10-26(14-28)36-48-21-41-22-49-36/h1-22H. The molecule has 0 saturated heterocycles. The summed E-state index contributed by atoms with van der Waals surface area (Å²) in [5, 5.41) is 0. The Morgan fingerprint density at radius 3 is 0.980 bits per heavy atom. The van der Waals surface area contributed by atoms with Gasteiger partial charge in [0.15, 0.2) is 23.3 Å². The Morgan fingerprint density at radius 2 is 0.660 bits per heavy atom. The van der Waals surface area contributed by atoms with Crippen LogP contribution in [0.2, 0.25) is 0 Å². The molecule has 1 aliphatic rings. The van der Waals surface area contributed by atoms with Gasteiger partial charge in [-0.1, -0.05) is 36.4 Å². The Hall–Kier alpha value is -7.28. The Bertz CT molecular complexity index is 2180. The van der Waals surface area contributed by atoms with Gasteiger partial charge >= 0.3 is 0 Å². The van der Waals surface area contributed by atoms with Gasteiger partial charge in [0.05, 0.1) is 5.41 Å². The maximum atomic E-state index is 6.60. The summed E-state index contributed by atoms with van der Waals surface area (Å²) in [6.45, 7) is 0.